The Morgan fingerprint density at radius 3 is 1.93 bits per heavy atom. The molecule has 0 aliphatic carbocycles. The number of allylic oxidation sites excluding steroid dienone is 1. The summed E-state index contributed by atoms with van der Waals surface area (Å²) >= 11 is 0. The van der Waals surface area contributed by atoms with Gasteiger partial charge in [0, 0.05) is 33.2 Å². The molecule has 0 fully saturated rings. The first-order chi connectivity index (χ1) is 20.0. The lowest BCUT2D eigenvalue weighted by atomic mass is 10.0. The molecule has 0 radical (unpaired) electrons. The molecule has 0 atom stereocenters. The summed E-state index contributed by atoms with van der Waals surface area (Å²) in [6.07, 6.45) is 0. The lowest BCUT2D eigenvalue weighted by Gasteiger charge is -2.12. The molecule has 41 heavy (non-hydrogen) atoms. The number of rotatable bonds is 5. The van der Waals surface area contributed by atoms with Crippen LogP contribution in [0.2, 0.25) is 0 Å². The molecule has 7 aromatic rings. The van der Waals surface area contributed by atoms with Crippen molar-refractivity contribution in [3.8, 4) is 39.6 Å². The van der Waals surface area contributed by atoms with E-state index in [4.69, 9.17) is 9.97 Å². The molecule has 5 aromatic carbocycles. The van der Waals surface area contributed by atoms with Crippen LogP contribution >= 0.6 is 0 Å². The zero-order chi connectivity index (χ0) is 27.9. The van der Waals surface area contributed by atoms with Gasteiger partial charge in [-0.25, -0.2) is 14.4 Å². The molecule has 0 saturated heterocycles. The van der Waals surface area contributed by atoms with E-state index in [1.54, 1.807) is 6.07 Å². The van der Waals surface area contributed by atoms with Crippen LogP contribution in [0.15, 0.2) is 134 Å². The average molecular weight is 532 g/mol. The Hall–Kier alpha value is -5.35. The van der Waals surface area contributed by atoms with Gasteiger partial charge in [-0.2, -0.15) is 0 Å². The van der Waals surface area contributed by atoms with Crippen molar-refractivity contribution in [3.63, 3.8) is 0 Å². The van der Waals surface area contributed by atoms with E-state index < -0.39 is 0 Å². The Labute approximate surface area is 237 Å². The second-order valence-corrected chi connectivity index (χ2v) is 10.3. The molecule has 2 aromatic heterocycles. The van der Waals surface area contributed by atoms with E-state index in [9.17, 15) is 4.39 Å². The van der Waals surface area contributed by atoms with Crippen molar-refractivity contribution in [1.29, 1.82) is 0 Å². The molecule has 2 heterocycles. The Morgan fingerprint density at radius 2 is 1.22 bits per heavy atom. The summed E-state index contributed by atoms with van der Waals surface area (Å²) in [6, 6.07) is 41.8. The number of fused-ring (bicyclic) bond motifs is 3. The number of nitrogens with zero attached hydrogens (tertiary/aromatic N) is 3. The number of benzene rings is 5. The Kier molecular flexibility index (Phi) is 6.02. The third-order valence-corrected chi connectivity index (χ3v) is 7.45. The molecule has 0 aliphatic rings. The van der Waals surface area contributed by atoms with Gasteiger partial charge >= 0.3 is 0 Å². The highest BCUT2D eigenvalue weighted by atomic mass is 19.1. The molecule has 0 spiro atoms. The molecule has 7 rings (SSSR count). The molecule has 0 aliphatic heterocycles. The van der Waals surface area contributed by atoms with E-state index >= 15 is 0 Å². The maximum absolute atomic E-state index is 14.4. The molecule has 4 heteroatoms. The maximum atomic E-state index is 14.4. The fraction of sp³-hybridized carbons (Fsp3) is 0.0270. The average Bonchev–Trinajstić information content (AvgIpc) is 3.34. The second kappa shape index (κ2) is 10.00. The monoisotopic (exact) mass is 531 g/mol. The highest BCUT2D eigenvalue weighted by Gasteiger charge is 2.16. The van der Waals surface area contributed by atoms with Gasteiger partial charge in [0.05, 0.1) is 22.4 Å². The fourth-order valence-corrected chi connectivity index (χ4v) is 5.41. The number of hydrogen-bond acceptors (Lipinski definition) is 2. The van der Waals surface area contributed by atoms with Gasteiger partial charge in [-0.05, 0) is 61.0 Å². The number of aromatic nitrogens is 3. The van der Waals surface area contributed by atoms with E-state index in [1.165, 1.54) is 6.07 Å². The van der Waals surface area contributed by atoms with Crippen molar-refractivity contribution >= 4 is 27.4 Å². The summed E-state index contributed by atoms with van der Waals surface area (Å²) < 4.78 is 16.6. The van der Waals surface area contributed by atoms with E-state index in [-0.39, 0.29) is 5.82 Å². The summed E-state index contributed by atoms with van der Waals surface area (Å²) in [7, 11) is 0. The van der Waals surface area contributed by atoms with Crippen LogP contribution < -0.4 is 0 Å². The second-order valence-electron chi connectivity index (χ2n) is 10.3. The molecule has 0 N–H and O–H groups in total. The van der Waals surface area contributed by atoms with Crippen molar-refractivity contribution in [1.82, 2.24) is 14.5 Å². The largest absolute Gasteiger partial charge is 0.309 e. The quantitative estimate of drug-likeness (QED) is 0.221. The third-order valence-electron chi connectivity index (χ3n) is 7.45. The SMILES string of the molecule is C=C(C)c1ccc2c(c1)c1cc(F)ccc1n2-c1cccc(-c2cc(-c3ccccc3)nc(-c3ccccc3)n2)c1. The van der Waals surface area contributed by atoms with E-state index in [1.807, 2.05) is 73.7 Å². The normalized spacial score (nSPS) is 11.3. The van der Waals surface area contributed by atoms with Crippen molar-refractivity contribution in [2.24, 2.45) is 0 Å². The van der Waals surface area contributed by atoms with Crippen LogP contribution in [-0.4, -0.2) is 14.5 Å². The number of halogens is 1. The minimum atomic E-state index is -0.256. The predicted octanol–water partition coefficient (Wildman–Crippen LogP) is 9.75. The zero-order valence-corrected chi connectivity index (χ0v) is 22.6. The van der Waals surface area contributed by atoms with E-state index in [0.717, 1.165) is 66.7 Å². The van der Waals surface area contributed by atoms with Crippen LogP contribution in [0, 0.1) is 5.82 Å². The molecule has 0 bridgehead atoms. The Bertz CT molecular complexity index is 2020. The van der Waals surface area contributed by atoms with Gasteiger partial charge in [0.25, 0.3) is 0 Å². The molecule has 0 amide bonds. The zero-order valence-electron chi connectivity index (χ0n) is 22.6. The molecular weight excluding hydrogens is 505 g/mol. The maximum Gasteiger partial charge on any atom is 0.160 e. The first-order valence-electron chi connectivity index (χ1n) is 13.6. The summed E-state index contributed by atoms with van der Waals surface area (Å²) in [5.41, 5.74) is 9.57. The molecular formula is C37H26FN3. The molecule has 3 nitrogen and oxygen atoms in total. The molecule has 196 valence electrons. The van der Waals surface area contributed by atoms with Gasteiger partial charge in [0.2, 0.25) is 0 Å². The predicted molar refractivity (Wildman–Crippen MR) is 167 cm³/mol. The topological polar surface area (TPSA) is 30.7 Å². The van der Waals surface area contributed by atoms with Gasteiger partial charge in [-0.1, -0.05) is 91.0 Å². The molecule has 0 unspecified atom stereocenters. The smallest absolute Gasteiger partial charge is 0.160 e. The summed E-state index contributed by atoms with van der Waals surface area (Å²) in [6.45, 7) is 6.09. The Morgan fingerprint density at radius 1 is 0.610 bits per heavy atom. The van der Waals surface area contributed by atoms with Crippen LogP contribution in [0.25, 0.3) is 67.0 Å². The number of hydrogen-bond donors (Lipinski definition) is 0. The lowest BCUT2D eigenvalue weighted by Crippen LogP contribution is -1.98. The molecule has 0 saturated carbocycles. The van der Waals surface area contributed by atoms with Gasteiger partial charge < -0.3 is 4.57 Å². The van der Waals surface area contributed by atoms with Gasteiger partial charge in [0.1, 0.15) is 5.82 Å². The van der Waals surface area contributed by atoms with Crippen LogP contribution in [-0.2, 0) is 0 Å². The first kappa shape index (κ1) is 24.7. The first-order valence-corrected chi connectivity index (χ1v) is 13.6. The van der Waals surface area contributed by atoms with Gasteiger partial charge in [-0.3, -0.25) is 0 Å². The Balaban J connectivity index is 1.44. The summed E-state index contributed by atoms with van der Waals surface area (Å²) in [5.74, 6) is 0.418. The van der Waals surface area contributed by atoms with Gasteiger partial charge in [-0.15, -0.1) is 0 Å². The van der Waals surface area contributed by atoms with Crippen LogP contribution in [0.5, 0.6) is 0 Å². The van der Waals surface area contributed by atoms with Crippen molar-refractivity contribution in [3.05, 3.63) is 145 Å². The minimum Gasteiger partial charge on any atom is -0.309 e. The summed E-state index contributed by atoms with van der Waals surface area (Å²) in [4.78, 5) is 9.93. The van der Waals surface area contributed by atoms with Crippen LogP contribution in [0.1, 0.15) is 12.5 Å². The highest BCUT2D eigenvalue weighted by molar-refractivity contribution is 6.10. The standard InChI is InChI=1S/C37H26FN3/c1-24(2)27-16-18-35-31(21-27)32-22-29(38)17-19-36(32)41(35)30-15-9-14-28(20-30)34-23-33(25-10-5-3-6-11-25)39-37(40-34)26-12-7-4-8-13-26/h3-23H,1H2,2H3. The fourth-order valence-electron chi connectivity index (χ4n) is 5.41. The van der Waals surface area contributed by atoms with Crippen molar-refractivity contribution in [2.75, 3.05) is 0 Å². The third kappa shape index (κ3) is 4.50. The minimum absolute atomic E-state index is 0.256. The van der Waals surface area contributed by atoms with Crippen LogP contribution in [0.3, 0.4) is 0 Å². The van der Waals surface area contributed by atoms with E-state index in [0.29, 0.717) is 5.82 Å². The lowest BCUT2D eigenvalue weighted by molar-refractivity contribution is 0.629. The summed E-state index contributed by atoms with van der Waals surface area (Å²) in [5, 5.41) is 1.86. The highest BCUT2D eigenvalue weighted by Crippen LogP contribution is 2.35. The van der Waals surface area contributed by atoms with Gasteiger partial charge in [0.15, 0.2) is 5.82 Å². The van der Waals surface area contributed by atoms with Crippen molar-refractivity contribution < 1.29 is 4.39 Å². The van der Waals surface area contributed by atoms with Crippen LogP contribution in [0.4, 0.5) is 4.39 Å². The van der Waals surface area contributed by atoms with E-state index in [2.05, 4.69) is 59.7 Å². The van der Waals surface area contributed by atoms with Crippen molar-refractivity contribution in [2.45, 2.75) is 6.92 Å².